The molecule has 27 heavy (non-hydrogen) atoms. The molecule has 0 unspecified atom stereocenters. The van der Waals surface area contributed by atoms with Gasteiger partial charge in [-0.15, -0.1) is 11.3 Å². The molecule has 0 spiro atoms. The van der Waals surface area contributed by atoms with E-state index in [-0.39, 0.29) is 24.4 Å². The summed E-state index contributed by atoms with van der Waals surface area (Å²) in [4.78, 5) is 26.7. The van der Waals surface area contributed by atoms with Crippen LogP contribution in [0.15, 0.2) is 30.3 Å². The van der Waals surface area contributed by atoms with Gasteiger partial charge in [0.1, 0.15) is 10.0 Å². The molecule has 2 heterocycles. The third-order valence-corrected chi connectivity index (χ3v) is 6.72. The molecule has 0 saturated carbocycles. The number of fused-ring (bicyclic) bond motifs is 2. The maximum Gasteiger partial charge on any atom is 0.404 e. The second kappa shape index (κ2) is 7.07. The van der Waals surface area contributed by atoms with Gasteiger partial charge >= 0.3 is 6.09 Å². The van der Waals surface area contributed by atoms with E-state index >= 15 is 0 Å². The second-order valence-electron chi connectivity index (χ2n) is 6.39. The number of aromatic nitrogens is 1. The maximum atomic E-state index is 12.7. The average Bonchev–Trinajstić information content (AvgIpc) is 3.27. The summed E-state index contributed by atoms with van der Waals surface area (Å²) in [6.45, 7) is 0.235. The summed E-state index contributed by atoms with van der Waals surface area (Å²) in [6.07, 6.45) is -0.434. The Labute approximate surface area is 168 Å². The van der Waals surface area contributed by atoms with Crippen molar-refractivity contribution in [3.63, 3.8) is 0 Å². The van der Waals surface area contributed by atoms with Gasteiger partial charge in [0.15, 0.2) is 0 Å². The lowest BCUT2D eigenvalue weighted by Crippen LogP contribution is -2.41. The SMILES string of the molecule is O=C(O)NC[C@H]1c2ccccc2C[C@H]1NC(=O)c1cc2sc(Cl)c(Cl)c2[nH]1. The number of nitrogens with one attached hydrogen (secondary N) is 3. The summed E-state index contributed by atoms with van der Waals surface area (Å²) >= 11 is 13.4. The van der Waals surface area contributed by atoms with Crippen molar-refractivity contribution in [3.05, 3.63) is 56.5 Å². The lowest BCUT2D eigenvalue weighted by molar-refractivity contribution is 0.0929. The molecule has 4 N–H and O–H groups in total. The van der Waals surface area contributed by atoms with Crippen LogP contribution in [-0.4, -0.2) is 34.7 Å². The first-order valence-corrected chi connectivity index (χ1v) is 9.83. The molecule has 1 aliphatic rings. The van der Waals surface area contributed by atoms with Gasteiger partial charge in [0.25, 0.3) is 5.91 Å². The minimum absolute atomic E-state index is 0.129. The molecule has 1 aromatic carbocycles. The molecule has 9 heteroatoms. The Morgan fingerprint density at radius 1 is 1.30 bits per heavy atom. The van der Waals surface area contributed by atoms with E-state index < -0.39 is 6.09 Å². The highest BCUT2D eigenvalue weighted by Crippen LogP contribution is 2.39. The van der Waals surface area contributed by atoms with Crippen LogP contribution < -0.4 is 10.6 Å². The van der Waals surface area contributed by atoms with Crippen LogP contribution in [0.3, 0.4) is 0 Å². The van der Waals surface area contributed by atoms with E-state index in [1.165, 1.54) is 11.3 Å². The number of carbonyl (C=O) groups is 2. The first-order valence-electron chi connectivity index (χ1n) is 8.26. The third-order valence-electron chi connectivity index (χ3n) is 4.79. The Hall–Kier alpha value is -2.22. The van der Waals surface area contributed by atoms with Gasteiger partial charge in [-0.1, -0.05) is 47.5 Å². The van der Waals surface area contributed by atoms with Crippen LogP contribution >= 0.6 is 34.5 Å². The fraction of sp³-hybridized carbons (Fsp3) is 0.222. The second-order valence-corrected chi connectivity index (χ2v) is 8.42. The van der Waals surface area contributed by atoms with E-state index in [0.29, 0.717) is 27.0 Å². The molecule has 0 radical (unpaired) electrons. The number of aromatic amines is 1. The lowest BCUT2D eigenvalue weighted by Gasteiger charge is -2.21. The highest BCUT2D eigenvalue weighted by molar-refractivity contribution is 7.23. The molecule has 2 atom stereocenters. The van der Waals surface area contributed by atoms with E-state index in [4.69, 9.17) is 28.3 Å². The van der Waals surface area contributed by atoms with Crippen LogP contribution in [-0.2, 0) is 6.42 Å². The summed E-state index contributed by atoms with van der Waals surface area (Å²) in [5.74, 6) is -0.390. The zero-order valence-corrected chi connectivity index (χ0v) is 16.2. The molecule has 0 fully saturated rings. The molecule has 0 saturated heterocycles. The van der Waals surface area contributed by atoms with Crippen molar-refractivity contribution in [1.29, 1.82) is 0 Å². The third kappa shape index (κ3) is 3.38. The molecule has 2 amide bonds. The largest absolute Gasteiger partial charge is 0.465 e. The van der Waals surface area contributed by atoms with Crippen molar-refractivity contribution in [1.82, 2.24) is 15.6 Å². The minimum atomic E-state index is -1.08. The highest BCUT2D eigenvalue weighted by Gasteiger charge is 2.34. The van der Waals surface area contributed by atoms with Crippen LogP contribution in [0.25, 0.3) is 10.2 Å². The summed E-state index contributed by atoms with van der Waals surface area (Å²) in [6, 6.07) is 9.35. The van der Waals surface area contributed by atoms with Crippen molar-refractivity contribution in [3.8, 4) is 0 Å². The van der Waals surface area contributed by atoms with Gasteiger partial charge in [-0.05, 0) is 23.6 Å². The number of amides is 2. The molecular weight excluding hydrogens is 409 g/mol. The Kier molecular flexibility index (Phi) is 4.75. The number of hydrogen-bond acceptors (Lipinski definition) is 3. The summed E-state index contributed by atoms with van der Waals surface area (Å²) in [5, 5.41) is 14.8. The van der Waals surface area contributed by atoms with Crippen LogP contribution in [0.5, 0.6) is 0 Å². The van der Waals surface area contributed by atoms with Crippen molar-refractivity contribution in [2.24, 2.45) is 0 Å². The number of rotatable bonds is 4. The van der Waals surface area contributed by atoms with E-state index in [1.807, 2.05) is 24.3 Å². The average molecular weight is 424 g/mol. The van der Waals surface area contributed by atoms with E-state index in [1.54, 1.807) is 6.07 Å². The van der Waals surface area contributed by atoms with Gasteiger partial charge in [0.05, 0.1) is 15.2 Å². The normalized spacial score (nSPS) is 18.4. The number of hydrogen-bond donors (Lipinski definition) is 4. The quantitative estimate of drug-likeness (QED) is 0.505. The number of benzene rings is 1. The zero-order chi connectivity index (χ0) is 19.1. The number of carboxylic acid groups (broad SMARTS) is 1. The molecular formula is C18H15Cl2N3O3S. The van der Waals surface area contributed by atoms with Crippen molar-refractivity contribution in [2.45, 2.75) is 18.4 Å². The fourth-order valence-corrected chi connectivity index (χ4v) is 5.05. The standard InChI is InChI=1S/C18H15Cl2N3O3S/c19-14-15-13(27-16(14)20)6-12(22-15)17(24)23-11-5-8-3-1-2-4-9(8)10(11)7-21-18(25)26/h1-4,6,10-11,21-22H,5,7H2,(H,23,24)(H,25,26)/t10-,11+/m0/s1. The van der Waals surface area contributed by atoms with E-state index in [9.17, 15) is 9.59 Å². The Morgan fingerprint density at radius 3 is 2.81 bits per heavy atom. The number of carbonyl (C=O) groups excluding carboxylic acids is 1. The van der Waals surface area contributed by atoms with E-state index in [2.05, 4.69) is 15.6 Å². The fourth-order valence-electron chi connectivity index (χ4n) is 3.57. The van der Waals surface area contributed by atoms with Crippen LogP contribution in [0.1, 0.15) is 27.5 Å². The number of thiophene rings is 1. The summed E-state index contributed by atoms with van der Waals surface area (Å²) < 4.78 is 1.30. The Bertz CT molecular complexity index is 1050. The number of H-pyrrole nitrogens is 1. The summed E-state index contributed by atoms with van der Waals surface area (Å²) in [7, 11) is 0. The first kappa shape index (κ1) is 18.2. The van der Waals surface area contributed by atoms with Gasteiger partial charge in [0, 0.05) is 18.5 Å². The Balaban J connectivity index is 1.56. The monoisotopic (exact) mass is 423 g/mol. The van der Waals surface area contributed by atoms with Gasteiger partial charge in [-0.25, -0.2) is 4.79 Å². The maximum absolute atomic E-state index is 12.7. The van der Waals surface area contributed by atoms with Crippen LogP contribution in [0, 0.1) is 0 Å². The topological polar surface area (TPSA) is 94.2 Å². The van der Waals surface area contributed by atoms with E-state index in [0.717, 1.165) is 15.8 Å². The van der Waals surface area contributed by atoms with Gasteiger partial charge in [-0.3, -0.25) is 4.79 Å². The van der Waals surface area contributed by atoms with Gasteiger partial charge in [-0.2, -0.15) is 0 Å². The molecule has 0 aliphatic heterocycles. The molecule has 4 rings (SSSR count). The first-order chi connectivity index (χ1) is 12.9. The molecule has 6 nitrogen and oxygen atoms in total. The predicted octanol–water partition coefficient (Wildman–Crippen LogP) is 4.24. The Morgan fingerprint density at radius 2 is 2.07 bits per heavy atom. The van der Waals surface area contributed by atoms with Crippen LogP contribution in [0.4, 0.5) is 4.79 Å². The van der Waals surface area contributed by atoms with Crippen LogP contribution in [0.2, 0.25) is 9.36 Å². The molecule has 1 aliphatic carbocycles. The zero-order valence-electron chi connectivity index (χ0n) is 13.9. The van der Waals surface area contributed by atoms with Crippen molar-refractivity contribution in [2.75, 3.05) is 6.54 Å². The minimum Gasteiger partial charge on any atom is -0.465 e. The molecule has 140 valence electrons. The smallest absolute Gasteiger partial charge is 0.404 e. The summed E-state index contributed by atoms with van der Waals surface area (Å²) in [5.41, 5.74) is 3.22. The van der Waals surface area contributed by atoms with Gasteiger partial charge < -0.3 is 20.7 Å². The number of halogens is 2. The van der Waals surface area contributed by atoms with Crippen molar-refractivity contribution < 1.29 is 14.7 Å². The highest BCUT2D eigenvalue weighted by atomic mass is 35.5. The lowest BCUT2D eigenvalue weighted by atomic mass is 9.98. The predicted molar refractivity (Wildman–Crippen MR) is 106 cm³/mol. The molecule has 2 aromatic heterocycles. The molecule has 0 bridgehead atoms. The molecule has 3 aromatic rings. The van der Waals surface area contributed by atoms with Crippen molar-refractivity contribution >= 4 is 56.8 Å². The van der Waals surface area contributed by atoms with Gasteiger partial charge in [0.2, 0.25) is 0 Å².